The van der Waals surface area contributed by atoms with E-state index < -0.39 is 0 Å². The van der Waals surface area contributed by atoms with Gasteiger partial charge >= 0.3 is 0 Å². The number of benzene rings is 2. The van der Waals surface area contributed by atoms with Crippen LogP contribution in [-0.4, -0.2) is 25.5 Å². The summed E-state index contributed by atoms with van der Waals surface area (Å²) in [5.41, 5.74) is 5.69. The summed E-state index contributed by atoms with van der Waals surface area (Å²) in [6, 6.07) is 13.4. The second-order valence-electron chi connectivity index (χ2n) is 4.79. The van der Waals surface area contributed by atoms with Gasteiger partial charge in [0.25, 0.3) is 0 Å². The van der Waals surface area contributed by atoms with Gasteiger partial charge in [0.1, 0.15) is 11.5 Å². The van der Waals surface area contributed by atoms with Gasteiger partial charge < -0.3 is 14.8 Å². The minimum Gasteiger partial charge on any atom is -0.497 e. The summed E-state index contributed by atoms with van der Waals surface area (Å²) in [4.78, 5) is 0. The molecule has 0 spiro atoms. The molecule has 0 amide bonds. The Morgan fingerprint density at radius 1 is 1.09 bits per heavy atom. The predicted octanol–water partition coefficient (Wildman–Crippen LogP) is 3.33. The number of para-hydroxylation sites is 1. The number of hydrogen-bond donors (Lipinski definition) is 2. The first-order chi connectivity index (χ1) is 11.1. The van der Waals surface area contributed by atoms with Crippen molar-refractivity contribution in [3.8, 4) is 11.5 Å². The average Bonchev–Trinajstić information content (AvgIpc) is 2.56. The molecule has 0 saturated carbocycles. The van der Waals surface area contributed by atoms with E-state index >= 15 is 0 Å². The normalized spacial score (nSPS) is 10.4. The molecule has 0 aliphatic heterocycles. The Hall–Kier alpha value is -2.60. The highest BCUT2D eigenvalue weighted by Gasteiger charge is 2.01. The zero-order chi connectivity index (χ0) is 16.7. The topological polar surface area (TPSA) is 54.9 Å². The lowest BCUT2D eigenvalue weighted by molar-refractivity contribution is 0.394. The SMILES string of the molecule is COc1cc(/C=N\NC(=S)Nc2ccccc2C)cc(OC)c1. The van der Waals surface area contributed by atoms with Gasteiger partial charge in [0.15, 0.2) is 5.11 Å². The Morgan fingerprint density at radius 3 is 2.35 bits per heavy atom. The minimum absolute atomic E-state index is 0.422. The number of rotatable bonds is 5. The third-order valence-electron chi connectivity index (χ3n) is 3.15. The van der Waals surface area contributed by atoms with E-state index in [9.17, 15) is 0 Å². The summed E-state index contributed by atoms with van der Waals surface area (Å²) in [5.74, 6) is 1.40. The van der Waals surface area contributed by atoms with Crippen molar-refractivity contribution in [3.63, 3.8) is 0 Å². The molecule has 2 N–H and O–H groups in total. The summed E-state index contributed by atoms with van der Waals surface area (Å²) in [6.07, 6.45) is 1.65. The predicted molar refractivity (Wildman–Crippen MR) is 97.7 cm³/mol. The van der Waals surface area contributed by atoms with E-state index in [4.69, 9.17) is 21.7 Å². The summed E-state index contributed by atoms with van der Waals surface area (Å²) in [6.45, 7) is 2.01. The third kappa shape index (κ3) is 4.96. The lowest BCUT2D eigenvalue weighted by Gasteiger charge is -2.09. The number of hydrazone groups is 1. The van der Waals surface area contributed by atoms with Gasteiger partial charge in [-0.15, -0.1) is 0 Å². The average molecular weight is 329 g/mol. The first-order valence-electron chi connectivity index (χ1n) is 7.01. The molecule has 2 rings (SSSR count). The zero-order valence-electron chi connectivity index (χ0n) is 13.3. The van der Waals surface area contributed by atoms with Crippen LogP contribution < -0.4 is 20.2 Å². The monoisotopic (exact) mass is 329 g/mol. The summed E-state index contributed by atoms with van der Waals surface area (Å²) in [7, 11) is 3.21. The van der Waals surface area contributed by atoms with Crippen LogP contribution in [0.4, 0.5) is 5.69 Å². The van der Waals surface area contributed by atoms with E-state index in [2.05, 4.69) is 15.8 Å². The molecule has 120 valence electrons. The van der Waals surface area contributed by atoms with Gasteiger partial charge in [-0.2, -0.15) is 5.10 Å². The maximum absolute atomic E-state index is 5.22. The quantitative estimate of drug-likeness (QED) is 0.501. The maximum atomic E-state index is 5.22. The molecule has 0 unspecified atom stereocenters. The smallest absolute Gasteiger partial charge is 0.191 e. The van der Waals surface area contributed by atoms with E-state index in [1.807, 2.05) is 43.3 Å². The second kappa shape index (κ2) is 8.14. The lowest BCUT2D eigenvalue weighted by Crippen LogP contribution is -2.24. The van der Waals surface area contributed by atoms with Gasteiger partial charge in [0, 0.05) is 17.3 Å². The van der Waals surface area contributed by atoms with Crippen LogP contribution in [0.25, 0.3) is 0 Å². The van der Waals surface area contributed by atoms with Gasteiger partial charge in [-0.25, -0.2) is 0 Å². The second-order valence-corrected chi connectivity index (χ2v) is 5.19. The van der Waals surface area contributed by atoms with E-state index in [1.165, 1.54) is 0 Å². The van der Waals surface area contributed by atoms with Crippen LogP contribution in [0.3, 0.4) is 0 Å². The molecule has 0 heterocycles. The van der Waals surface area contributed by atoms with Crippen LogP contribution in [0.15, 0.2) is 47.6 Å². The molecule has 0 atom stereocenters. The van der Waals surface area contributed by atoms with Gasteiger partial charge in [0.05, 0.1) is 20.4 Å². The van der Waals surface area contributed by atoms with Crippen LogP contribution in [0.2, 0.25) is 0 Å². The molecule has 5 nitrogen and oxygen atoms in total. The fraction of sp³-hybridized carbons (Fsp3) is 0.176. The van der Waals surface area contributed by atoms with Crippen molar-refractivity contribution in [2.24, 2.45) is 5.10 Å². The van der Waals surface area contributed by atoms with Gasteiger partial charge in [-0.05, 0) is 42.9 Å². The highest BCUT2D eigenvalue weighted by atomic mass is 32.1. The van der Waals surface area contributed by atoms with Crippen molar-refractivity contribution in [1.82, 2.24) is 5.43 Å². The minimum atomic E-state index is 0.422. The van der Waals surface area contributed by atoms with Crippen molar-refractivity contribution >= 4 is 29.2 Å². The number of nitrogens with zero attached hydrogens (tertiary/aromatic N) is 1. The number of hydrogen-bond acceptors (Lipinski definition) is 4. The molecule has 2 aromatic rings. The lowest BCUT2D eigenvalue weighted by atomic mass is 10.2. The van der Waals surface area contributed by atoms with Crippen LogP contribution in [0, 0.1) is 6.92 Å². The molecular formula is C17H19N3O2S. The Morgan fingerprint density at radius 2 is 1.74 bits per heavy atom. The number of aryl methyl sites for hydroxylation is 1. The summed E-state index contributed by atoms with van der Waals surface area (Å²) >= 11 is 5.22. The van der Waals surface area contributed by atoms with Crippen molar-refractivity contribution in [3.05, 3.63) is 53.6 Å². The number of thiocarbonyl (C=S) groups is 1. The van der Waals surface area contributed by atoms with Crippen molar-refractivity contribution in [2.45, 2.75) is 6.92 Å². The summed E-state index contributed by atoms with van der Waals surface area (Å²) < 4.78 is 10.4. The number of ether oxygens (including phenoxy) is 2. The molecule has 0 aliphatic carbocycles. The molecule has 0 saturated heterocycles. The van der Waals surface area contributed by atoms with Crippen molar-refractivity contribution < 1.29 is 9.47 Å². The van der Waals surface area contributed by atoms with Gasteiger partial charge in [0.2, 0.25) is 0 Å². The molecule has 6 heteroatoms. The van der Waals surface area contributed by atoms with E-state index in [0.29, 0.717) is 16.6 Å². The highest BCUT2D eigenvalue weighted by Crippen LogP contribution is 2.21. The number of methoxy groups -OCH3 is 2. The molecule has 0 fully saturated rings. The largest absolute Gasteiger partial charge is 0.497 e. The maximum Gasteiger partial charge on any atom is 0.191 e. The van der Waals surface area contributed by atoms with Crippen molar-refractivity contribution in [2.75, 3.05) is 19.5 Å². The van der Waals surface area contributed by atoms with Crippen molar-refractivity contribution in [1.29, 1.82) is 0 Å². The fourth-order valence-corrected chi connectivity index (χ4v) is 2.10. The molecule has 2 aromatic carbocycles. The Kier molecular flexibility index (Phi) is 5.94. The number of nitrogens with one attached hydrogen (secondary N) is 2. The first kappa shape index (κ1) is 16.8. The molecule has 0 aliphatic rings. The van der Waals surface area contributed by atoms with Crippen LogP contribution in [-0.2, 0) is 0 Å². The summed E-state index contributed by atoms with van der Waals surface area (Å²) in [5, 5.41) is 7.65. The van der Waals surface area contributed by atoms with Crippen LogP contribution in [0.1, 0.15) is 11.1 Å². The van der Waals surface area contributed by atoms with Gasteiger partial charge in [-0.1, -0.05) is 18.2 Å². The zero-order valence-corrected chi connectivity index (χ0v) is 14.1. The molecule has 0 radical (unpaired) electrons. The third-order valence-corrected chi connectivity index (χ3v) is 3.34. The standard InChI is InChI=1S/C17H19N3O2S/c1-12-6-4-5-7-16(12)19-17(23)20-18-11-13-8-14(21-2)10-15(9-13)22-3/h4-11H,1-3H3,(H2,19,20,23)/b18-11-. The first-order valence-corrected chi connectivity index (χ1v) is 7.42. The van der Waals surface area contributed by atoms with E-state index in [-0.39, 0.29) is 0 Å². The van der Waals surface area contributed by atoms with Crippen LogP contribution >= 0.6 is 12.2 Å². The Labute approximate surface area is 141 Å². The van der Waals surface area contributed by atoms with E-state index in [0.717, 1.165) is 16.8 Å². The van der Waals surface area contributed by atoms with Gasteiger partial charge in [-0.3, -0.25) is 5.43 Å². The fourth-order valence-electron chi connectivity index (χ4n) is 1.93. The molecular weight excluding hydrogens is 310 g/mol. The Balaban J connectivity index is 1.98. The highest BCUT2D eigenvalue weighted by molar-refractivity contribution is 7.80. The number of anilines is 1. The van der Waals surface area contributed by atoms with Crippen LogP contribution in [0.5, 0.6) is 11.5 Å². The molecule has 0 aromatic heterocycles. The molecule has 23 heavy (non-hydrogen) atoms. The van der Waals surface area contributed by atoms with E-state index in [1.54, 1.807) is 26.5 Å². The molecule has 0 bridgehead atoms. The Bertz CT molecular complexity index is 694.